The molecule has 0 atom stereocenters. The van der Waals surface area contributed by atoms with Crippen LogP contribution in [0.4, 0.5) is 0 Å². The molecule has 0 radical (unpaired) electrons. The van der Waals surface area contributed by atoms with Crippen molar-refractivity contribution in [2.75, 3.05) is 7.05 Å². The highest BCUT2D eigenvalue weighted by atomic mass is 79.9. The molecule has 0 spiro atoms. The summed E-state index contributed by atoms with van der Waals surface area (Å²) in [4.78, 5) is 14.9. The summed E-state index contributed by atoms with van der Waals surface area (Å²) in [6.07, 6.45) is 1.54. The number of thiophene rings is 1. The first-order chi connectivity index (χ1) is 8.08. The highest BCUT2D eigenvalue weighted by molar-refractivity contribution is 9.11. The molecule has 0 aliphatic carbocycles. The minimum absolute atomic E-state index is 0.0132. The van der Waals surface area contributed by atoms with E-state index >= 15 is 0 Å². The number of hydrogen-bond donors (Lipinski definition) is 0. The molecule has 2 rings (SSSR count). The highest BCUT2D eigenvalue weighted by Gasteiger charge is 2.16. The van der Waals surface area contributed by atoms with Crippen LogP contribution in [0.1, 0.15) is 21.0 Å². The number of rotatable bonds is 3. The van der Waals surface area contributed by atoms with Gasteiger partial charge in [0.2, 0.25) is 0 Å². The number of aryl methyl sites for hydroxylation is 1. The van der Waals surface area contributed by atoms with Gasteiger partial charge < -0.3 is 9.32 Å². The number of amides is 1. The van der Waals surface area contributed by atoms with Gasteiger partial charge in [-0.2, -0.15) is 0 Å². The zero-order valence-electron chi connectivity index (χ0n) is 9.57. The Balaban J connectivity index is 2.08. The largest absolute Gasteiger partial charge is 0.469 e. The predicted molar refractivity (Wildman–Crippen MR) is 71.3 cm³/mol. The standard InChI is InChI=1S/C12H12BrNO2S/c1-8-10(5-6-16-8)12(15)14(2)7-9-3-4-11(13)17-9/h3-6H,7H2,1-2H3. The van der Waals surface area contributed by atoms with Crippen LogP contribution in [0.5, 0.6) is 0 Å². The fourth-order valence-electron chi connectivity index (χ4n) is 1.55. The molecule has 0 aliphatic heterocycles. The summed E-state index contributed by atoms with van der Waals surface area (Å²) in [5.74, 6) is 0.648. The highest BCUT2D eigenvalue weighted by Crippen LogP contribution is 2.23. The molecule has 0 saturated carbocycles. The van der Waals surface area contributed by atoms with Crippen molar-refractivity contribution in [3.63, 3.8) is 0 Å². The molecule has 0 aliphatic rings. The van der Waals surface area contributed by atoms with E-state index in [0.29, 0.717) is 17.9 Å². The van der Waals surface area contributed by atoms with E-state index in [1.54, 1.807) is 36.3 Å². The lowest BCUT2D eigenvalue weighted by molar-refractivity contribution is 0.0784. The van der Waals surface area contributed by atoms with Gasteiger partial charge in [0.15, 0.2) is 0 Å². The van der Waals surface area contributed by atoms with Gasteiger partial charge in [0, 0.05) is 11.9 Å². The number of nitrogens with zero attached hydrogens (tertiary/aromatic N) is 1. The van der Waals surface area contributed by atoms with Gasteiger partial charge >= 0.3 is 0 Å². The first-order valence-corrected chi connectivity index (χ1v) is 6.72. The third kappa shape index (κ3) is 2.79. The lowest BCUT2D eigenvalue weighted by Crippen LogP contribution is -2.25. The van der Waals surface area contributed by atoms with E-state index in [9.17, 15) is 4.79 Å². The van der Waals surface area contributed by atoms with Crippen LogP contribution in [0.25, 0.3) is 0 Å². The molecule has 90 valence electrons. The third-order valence-electron chi connectivity index (χ3n) is 2.46. The molecule has 0 N–H and O–H groups in total. The molecule has 1 amide bonds. The van der Waals surface area contributed by atoms with Crippen molar-refractivity contribution in [1.82, 2.24) is 4.90 Å². The Morgan fingerprint density at radius 2 is 2.24 bits per heavy atom. The van der Waals surface area contributed by atoms with Crippen LogP contribution >= 0.6 is 27.3 Å². The molecule has 17 heavy (non-hydrogen) atoms. The van der Waals surface area contributed by atoms with E-state index in [0.717, 1.165) is 8.66 Å². The average Bonchev–Trinajstić information content (AvgIpc) is 2.86. The van der Waals surface area contributed by atoms with Crippen molar-refractivity contribution in [3.05, 3.63) is 44.4 Å². The number of hydrogen-bond acceptors (Lipinski definition) is 3. The van der Waals surface area contributed by atoms with Crippen LogP contribution in [0.15, 0.2) is 32.7 Å². The van der Waals surface area contributed by atoms with Crippen LogP contribution in [-0.2, 0) is 6.54 Å². The summed E-state index contributed by atoms with van der Waals surface area (Å²) in [5.41, 5.74) is 0.628. The maximum Gasteiger partial charge on any atom is 0.257 e. The van der Waals surface area contributed by atoms with E-state index < -0.39 is 0 Å². The Kier molecular flexibility index (Phi) is 3.69. The molecule has 2 aromatic heterocycles. The Morgan fingerprint density at radius 3 is 2.76 bits per heavy atom. The summed E-state index contributed by atoms with van der Waals surface area (Å²) in [6.45, 7) is 2.41. The monoisotopic (exact) mass is 313 g/mol. The van der Waals surface area contributed by atoms with E-state index in [-0.39, 0.29) is 5.91 Å². The SMILES string of the molecule is Cc1occc1C(=O)N(C)Cc1ccc(Br)s1. The molecule has 0 fully saturated rings. The molecule has 0 bridgehead atoms. The lowest BCUT2D eigenvalue weighted by Gasteiger charge is -2.15. The second-order valence-corrected chi connectivity index (χ2v) is 6.31. The predicted octanol–water partition coefficient (Wildman–Crippen LogP) is 3.68. The normalized spacial score (nSPS) is 10.5. The van der Waals surface area contributed by atoms with Crippen molar-refractivity contribution >= 4 is 33.2 Å². The first-order valence-electron chi connectivity index (χ1n) is 5.11. The maximum atomic E-state index is 12.1. The Bertz CT molecular complexity index is 532. The topological polar surface area (TPSA) is 33.5 Å². The van der Waals surface area contributed by atoms with Gasteiger partial charge in [0.25, 0.3) is 5.91 Å². The third-order valence-corrected chi connectivity index (χ3v) is 4.07. The second kappa shape index (κ2) is 5.06. The van der Waals surface area contributed by atoms with Gasteiger partial charge in [-0.15, -0.1) is 11.3 Å². The molecule has 3 nitrogen and oxygen atoms in total. The van der Waals surface area contributed by atoms with Crippen molar-refractivity contribution < 1.29 is 9.21 Å². The molecule has 0 unspecified atom stereocenters. The van der Waals surface area contributed by atoms with Gasteiger partial charge in [-0.05, 0) is 41.1 Å². The molecular weight excluding hydrogens is 302 g/mol. The molecule has 2 heterocycles. The zero-order valence-corrected chi connectivity index (χ0v) is 12.0. The van der Waals surface area contributed by atoms with E-state index in [1.807, 2.05) is 12.1 Å². The van der Waals surface area contributed by atoms with Crippen molar-refractivity contribution in [3.8, 4) is 0 Å². The number of furan rings is 1. The maximum absolute atomic E-state index is 12.1. The smallest absolute Gasteiger partial charge is 0.257 e. The van der Waals surface area contributed by atoms with Gasteiger partial charge in [-0.1, -0.05) is 0 Å². The number of carbonyl (C=O) groups excluding carboxylic acids is 1. The van der Waals surface area contributed by atoms with E-state index in [2.05, 4.69) is 15.9 Å². The van der Waals surface area contributed by atoms with Crippen molar-refractivity contribution in [1.29, 1.82) is 0 Å². The zero-order chi connectivity index (χ0) is 12.4. The van der Waals surface area contributed by atoms with Crippen LogP contribution in [0.2, 0.25) is 0 Å². The summed E-state index contributed by atoms with van der Waals surface area (Å²) in [6, 6.07) is 5.71. The van der Waals surface area contributed by atoms with Crippen LogP contribution in [0, 0.1) is 6.92 Å². The summed E-state index contributed by atoms with van der Waals surface area (Å²) >= 11 is 5.04. The molecule has 5 heteroatoms. The Labute approximate surface area is 112 Å². The Morgan fingerprint density at radius 1 is 1.47 bits per heavy atom. The van der Waals surface area contributed by atoms with Crippen molar-refractivity contribution in [2.45, 2.75) is 13.5 Å². The molecular formula is C12H12BrNO2S. The van der Waals surface area contributed by atoms with E-state index in [1.165, 1.54) is 6.26 Å². The fraction of sp³-hybridized carbons (Fsp3) is 0.250. The second-order valence-electron chi connectivity index (χ2n) is 3.76. The molecule has 2 aromatic rings. The summed E-state index contributed by atoms with van der Waals surface area (Å²) in [7, 11) is 1.79. The minimum Gasteiger partial charge on any atom is -0.469 e. The number of carbonyl (C=O) groups is 1. The summed E-state index contributed by atoms with van der Waals surface area (Å²) < 4.78 is 6.21. The fourth-order valence-corrected chi connectivity index (χ4v) is 3.09. The summed E-state index contributed by atoms with van der Waals surface area (Å²) in [5, 5.41) is 0. The van der Waals surface area contributed by atoms with Gasteiger partial charge in [-0.25, -0.2) is 0 Å². The quantitative estimate of drug-likeness (QED) is 0.866. The van der Waals surface area contributed by atoms with Gasteiger partial charge in [0.1, 0.15) is 5.76 Å². The molecule has 0 aromatic carbocycles. The van der Waals surface area contributed by atoms with Gasteiger partial charge in [0.05, 0.1) is 22.2 Å². The van der Waals surface area contributed by atoms with Crippen LogP contribution in [-0.4, -0.2) is 17.9 Å². The first kappa shape index (κ1) is 12.4. The van der Waals surface area contributed by atoms with Gasteiger partial charge in [-0.3, -0.25) is 4.79 Å². The van der Waals surface area contributed by atoms with Crippen molar-refractivity contribution in [2.24, 2.45) is 0 Å². The number of halogens is 1. The minimum atomic E-state index is -0.0132. The average molecular weight is 314 g/mol. The Hall–Kier alpha value is -1.07. The lowest BCUT2D eigenvalue weighted by atomic mass is 10.2. The van der Waals surface area contributed by atoms with Crippen LogP contribution in [0.3, 0.4) is 0 Å². The molecule has 0 saturated heterocycles. The van der Waals surface area contributed by atoms with Crippen LogP contribution < -0.4 is 0 Å². The van der Waals surface area contributed by atoms with E-state index in [4.69, 9.17) is 4.42 Å².